The van der Waals surface area contributed by atoms with Gasteiger partial charge in [0.2, 0.25) is 0 Å². The van der Waals surface area contributed by atoms with E-state index in [-0.39, 0.29) is 0 Å². The van der Waals surface area contributed by atoms with Crippen LogP contribution in [0, 0.1) is 0 Å². The van der Waals surface area contributed by atoms with Crippen LogP contribution >= 0.6 is 8.15 Å². The summed E-state index contributed by atoms with van der Waals surface area (Å²) in [5.41, 5.74) is 0. The second kappa shape index (κ2) is 8.89. The van der Waals surface area contributed by atoms with Crippen LogP contribution in [0.3, 0.4) is 0 Å². The Bertz CT molecular complexity index is 430. The van der Waals surface area contributed by atoms with Gasteiger partial charge >= 0.3 is 0 Å². The molecule has 2 rings (SSSR count). The first-order valence-electron chi connectivity index (χ1n) is 7.45. The average Bonchev–Trinajstić information content (AvgIpc) is 2.53. The third kappa shape index (κ3) is 4.74. The van der Waals surface area contributed by atoms with Crippen molar-refractivity contribution in [2.75, 3.05) is 6.61 Å². The standard InChI is InChI=1S/C18H23OP/c1-2-3-4-11-16-19-20(17-12-7-5-8-13-17)18-14-9-6-10-15-18/h5-10,12-15H,2-4,11,16H2,1H3. The van der Waals surface area contributed by atoms with Crippen LogP contribution in [-0.4, -0.2) is 6.61 Å². The van der Waals surface area contributed by atoms with Crippen molar-refractivity contribution in [3.63, 3.8) is 0 Å². The number of hydrogen-bond acceptors (Lipinski definition) is 1. The summed E-state index contributed by atoms with van der Waals surface area (Å²) in [6.07, 6.45) is 5.00. The molecule has 0 heterocycles. The molecule has 0 aromatic heterocycles. The van der Waals surface area contributed by atoms with E-state index in [1.807, 2.05) is 0 Å². The lowest BCUT2D eigenvalue weighted by Crippen LogP contribution is -2.14. The second-order valence-corrected chi connectivity index (χ2v) is 6.74. The van der Waals surface area contributed by atoms with E-state index in [9.17, 15) is 0 Å². The first-order chi connectivity index (χ1) is 9.92. The van der Waals surface area contributed by atoms with Gasteiger partial charge in [0, 0.05) is 10.6 Å². The molecule has 2 aromatic carbocycles. The first kappa shape index (κ1) is 15.2. The highest BCUT2D eigenvalue weighted by molar-refractivity contribution is 7.68. The van der Waals surface area contributed by atoms with E-state index in [0.717, 1.165) is 13.0 Å². The van der Waals surface area contributed by atoms with Crippen molar-refractivity contribution in [1.82, 2.24) is 0 Å². The summed E-state index contributed by atoms with van der Waals surface area (Å²) in [4.78, 5) is 0. The van der Waals surface area contributed by atoms with Crippen LogP contribution in [0.4, 0.5) is 0 Å². The van der Waals surface area contributed by atoms with Gasteiger partial charge in [0.25, 0.3) is 0 Å². The molecule has 0 spiro atoms. The average molecular weight is 286 g/mol. The summed E-state index contributed by atoms with van der Waals surface area (Å²) in [6, 6.07) is 21.2. The number of unbranched alkanes of at least 4 members (excludes halogenated alkanes) is 3. The summed E-state index contributed by atoms with van der Waals surface area (Å²) < 4.78 is 6.23. The van der Waals surface area contributed by atoms with E-state index in [2.05, 4.69) is 67.6 Å². The van der Waals surface area contributed by atoms with E-state index < -0.39 is 8.15 Å². The molecule has 0 fully saturated rings. The molecule has 20 heavy (non-hydrogen) atoms. The summed E-state index contributed by atoms with van der Waals surface area (Å²) in [6.45, 7) is 3.09. The van der Waals surface area contributed by atoms with Gasteiger partial charge in [-0.05, 0) is 6.42 Å². The largest absolute Gasteiger partial charge is 0.350 e. The van der Waals surface area contributed by atoms with Crippen molar-refractivity contribution in [2.45, 2.75) is 32.6 Å². The number of rotatable bonds is 8. The van der Waals surface area contributed by atoms with Gasteiger partial charge in [-0.25, -0.2) is 0 Å². The SMILES string of the molecule is CCCCCCOP(c1ccccc1)c1ccccc1. The summed E-state index contributed by atoms with van der Waals surface area (Å²) in [5, 5.41) is 2.59. The Kier molecular flexibility index (Phi) is 6.77. The van der Waals surface area contributed by atoms with Crippen LogP contribution in [0.5, 0.6) is 0 Å². The van der Waals surface area contributed by atoms with Gasteiger partial charge in [0.15, 0.2) is 0 Å². The zero-order valence-corrected chi connectivity index (χ0v) is 13.1. The van der Waals surface area contributed by atoms with Gasteiger partial charge in [-0.1, -0.05) is 86.8 Å². The highest BCUT2D eigenvalue weighted by Gasteiger charge is 2.14. The molecule has 0 amide bonds. The van der Waals surface area contributed by atoms with Gasteiger partial charge in [-0.2, -0.15) is 0 Å². The minimum Gasteiger partial charge on any atom is -0.350 e. The molecule has 0 saturated heterocycles. The Morgan fingerprint density at radius 3 is 1.80 bits per heavy atom. The number of hydrogen-bond donors (Lipinski definition) is 0. The lowest BCUT2D eigenvalue weighted by atomic mass is 10.2. The van der Waals surface area contributed by atoms with Crippen LogP contribution in [0.15, 0.2) is 60.7 Å². The van der Waals surface area contributed by atoms with Crippen molar-refractivity contribution in [2.24, 2.45) is 0 Å². The zero-order valence-electron chi connectivity index (χ0n) is 12.2. The molecule has 2 aromatic rings. The predicted molar refractivity (Wildman–Crippen MR) is 89.2 cm³/mol. The van der Waals surface area contributed by atoms with Crippen molar-refractivity contribution < 1.29 is 4.52 Å². The monoisotopic (exact) mass is 286 g/mol. The first-order valence-corrected chi connectivity index (χ1v) is 8.71. The third-order valence-corrected chi connectivity index (χ3v) is 5.17. The summed E-state index contributed by atoms with van der Waals surface area (Å²) >= 11 is 0. The Morgan fingerprint density at radius 2 is 1.30 bits per heavy atom. The quantitative estimate of drug-likeness (QED) is 0.508. The smallest absolute Gasteiger partial charge is 0.0917 e. The van der Waals surface area contributed by atoms with Gasteiger partial charge in [-0.15, -0.1) is 0 Å². The minimum absolute atomic E-state index is 0.672. The van der Waals surface area contributed by atoms with Gasteiger partial charge in [0.1, 0.15) is 0 Å². The molecule has 1 nitrogen and oxygen atoms in total. The van der Waals surface area contributed by atoms with Crippen molar-refractivity contribution >= 4 is 18.8 Å². The van der Waals surface area contributed by atoms with Crippen molar-refractivity contribution in [3.05, 3.63) is 60.7 Å². The normalized spacial score (nSPS) is 10.9. The minimum atomic E-state index is -0.672. The van der Waals surface area contributed by atoms with E-state index >= 15 is 0 Å². The van der Waals surface area contributed by atoms with Crippen molar-refractivity contribution in [1.29, 1.82) is 0 Å². The predicted octanol–water partition coefficient (Wildman–Crippen LogP) is 4.63. The Labute approximate surface area is 123 Å². The van der Waals surface area contributed by atoms with E-state index in [4.69, 9.17) is 4.52 Å². The molecule has 0 N–H and O–H groups in total. The maximum absolute atomic E-state index is 6.23. The molecule has 0 aliphatic rings. The fraction of sp³-hybridized carbons (Fsp3) is 0.333. The molecule has 2 heteroatoms. The van der Waals surface area contributed by atoms with Crippen molar-refractivity contribution in [3.8, 4) is 0 Å². The maximum atomic E-state index is 6.23. The van der Waals surface area contributed by atoms with Crippen LogP contribution in [0.1, 0.15) is 32.6 Å². The zero-order chi connectivity index (χ0) is 14.0. The molecule has 0 aliphatic heterocycles. The lowest BCUT2D eigenvalue weighted by molar-refractivity contribution is 0.344. The number of benzene rings is 2. The van der Waals surface area contributed by atoms with Crippen LogP contribution in [-0.2, 0) is 4.52 Å². The fourth-order valence-corrected chi connectivity index (χ4v) is 3.90. The van der Waals surface area contributed by atoms with E-state index in [1.165, 1.54) is 29.9 Å². The van der Waals surface area contributed by atoms with Crippen LogP contribution < -0.4 is 10.6 Å². The molecule has 106 valence electrons. The Balaban J connectivity index is 2.02. The lowest BCUT2D eigenvalue weighted by Gasteiger charge is -2.18. The molecular weight excluding hydrogens is 263 g/mol. The summed E-state index contributed by atoms with van der Waals surface area (Å²) in [5.74, 6) is 0. The van der Waals surface area contributed by atoms with E-state index in [0.29, 0.717) is 0 Å². The fourth-order valence-electron chi connectivity index (χ4n) is 2.11. The highest BCUT2D eigenvalue weighted by atomic mass is 31.1. The van der Waals surface area contributed by atoms with E-state index in [1.54, 1.807) is 0 Å². The molecule has 0 aliphatic carbocycles. The second-order valence-electron chi connectivity index (χ2n) is 4.86. The Hall–Kier alpha value is -1.17. The van der Waals surface area contributed by atoms with Crippen LogP contribution in [0.25, 0.3) is 0 Å². The molecule has 0 radical (unpaired) electrons. The topological polar surface area (TPSA) is 9.23 Å². The molecule has 0 unspecified atom stereocenters. The molecule has 0 saturated carbocycles. The molecule has 0 atom stereocenters. The van der Waals surface area contributed by atoms with Gasteiger partial charge in [-0.3, -0.25) is 0 Å². The molecular formula is C18H23OP. The van der Waals surface area contributed by atoms with Gasteiger partial charge in [0.05, 0.1) is 14.8 Å². The van der Waals surface area contributed by atoms with Gasteiger partial charge < -0.3 is 4.52 Å². The van der Waals surface area contributed by atoms with Crippen LogP contribution in [0.2, 0.25) is 0 Å². The highest BCUT2D eigenvalue weighted by Crippen LogP contribution is 2.34. The maximum Gasteiger partial charge on any atom is 0.0917 e. The third-order valence-electron chi connectivity index (χ3n) is 3.20. The summed E-state index contributed by atoms with van der Waals surface area (Å²) in [7, 11) is -0.672. The Morgan fingerprint density at radius 1 is 0.750 bits per heavy atom. The molecule has 0 bridgehead atoms.